The highest BCUT2D eigenvalue weighted by molar-refractivity contribution is 5.92. The van der Waals surface area contributed by atoms with Gasteiger partial charge in [-0.05, 0) is 26.5 Å². The summed E-state index contributed by atoms with van der Waals surface area (Å²) in [5.41, 5.74) is 0.988. The molecule has 37 heavy (non-hydrogen) atoms. The number of alkyl halides is 2. The first-order valence-corrected chi connectivity index (χ1v) is 12.7. The Kier molecular flexibility index (Phi) is 7.34. The molecule has 4 heterocycles. The minimum atomic E-state index is -2.89. The van der Waals surface area contributed by atoms with Crippen LogP contribution in [0.15, 0.2) is 24.3 Å². The fourth-order valence-electron chi connectivity index (χ4n) is 4.78. The zero-order chi connectivity index (χ0) is 26.1. The molecular weight excluding hydrogens is 483 g/mol. The van der Waals surface area contributed by atoms with Gasteiger partial charge in [0, 0.05) is 31.7 Å². The molecule has 2 saturated heterocycles. The summed E-state index contributed by atoms with van der Waals surface area (Å²) in [5, 5.41) is 7.42. The number of fused-ring (bicyclic) bond motifs is 1. The highest BCUT2D eigenvalue weighted by Crippen LogP contribution is 2.34. The summed E-state index contributed by atoms with van der Waals surface area (Å²) in [6.45, 7) is 11.5. The van der Waals surface area contributed by atoms with Gasteiger partial charge in [-0.3, -0.25) is 0 Å². The van der Waals surface area contributed by atoms with E-state index in [9.17, 15) is 13.2 Å². The molecule has 2 fully saturated rings. The molecule has 2 N–H and O–H groups in total. The average molecular weight is 516 g/mol. The lowest BCUT2D eigenvalue weighted by molar-refractivity contribution is 0.0210. The first-order chi connectivity index (χ1) is 17.8. The van der Waals surface area contributed by atoms with Crippen molar-refractivity contribution in [2.24, 2.45) is 0 Å². The maximum absolute atomic E-state index is 14.9. The normalized spacial score (nSPS) is 17.8. The number of nitrogens with zero attached hydrogens (tertiary/aromatic N) is 5. The second-order valence-electron chi connectivity index (χ2n) is 9.56. The van der Waals surface area contributed by atoms with E-state index in [1.807, 2.05) is 6.07 Å². The van der Waals surface area contributed by atoms with Crippen LogP contribution in [0.1, 0.15) is 43.3 Å². The van der Waals surface area contributed by atoms with Gasteiger partial charge in [0.1, 0.15) is 17.5 Å². The maximum Gasteiger partial charge on any atom is 0.266 e. The van der Waals surface area contributed by atoms with Crippen molar-refractivity contribution in [2.75, 3.05) is 61.5 Å². The Morgan fingerprint density at radius 2 is 1.78 bits per heavy atom. The number of hydrogen-bond donors (Lipinski definition) is 2. The standard InChI is InChI=1S/C26H32F3N7O/c1-4-35-8-10-36(11-9-35)21-12-20-24(30-15(2)18-6-5-7-19(22(18)27)23(28)29)31-16(3)32-25(20)34-26(21)33-17-13-37-14-17/h5-7,12,15,17,23H,4,8-11,13-14H2,1-3H3,(H2,30,31,32,33,34)/t15-/m1/s1. The van der Waals surface area contributed by atoms with Crippen LogP contribution in [-0.2, 0) is 4.74 Å². The summed E-state index contributed by atoms with van der Waals surface area (Å²) < 4.78 is 46.7. The van der Waals surface area contributed by atoms with Gasteiger partial charge < -0.3 is 25.2 Å². The van der Waals surface area contributed by atoms with Crippen LogP contribution in [0.5, 0.6) is 0 Å². The van der Waals surface area contributed by atoms with Crippen molar-refractivity contribution in [3.8, 4) is 0 Å². The van der Waals surface area contributed by atoms with Crippen molar-refractivity contribution >= 4 is 28.4 Å². The number of ether oxygens (including phenoxy) is 1. The molecule has 0 bridgehead atoms. The minimum absolute atomic E-state index is 0.148. The monoisotopic (exact) mass is 515 g/mol. The smallest absolute Gasteiger partial charge is 0.266 e. The Labute approximate surface area is 214 Å². The van der Waals surface area contributed by atoms with Crippen LogP contribution < -0.4 is 15.5 Å². The van der Waals surface area contributed by atoms with E-state index >= 15 is 0 Å². The van der Waals surface area contributed by atoms with E-state index in [0.717, 1.165) is 50.3 Å². The zero-order valence-electron chi connectivity index (χ0n) is 21.3. The van der Waals surface area contributed by atoms with Crippen molar-refractivity contribution in [3.63, 3.8) is 0 Å². The summed E-state index contributed by atoms with van der Waals surface area (Å²) in [6, 6.07) is 5.65. The van der Waals surface area contributed by atoms with E-state index in [0.29, 0.717) is 35.9 Å². The highest BCUT2D eigenvalue weighted by atomic mass is 19.3. The molecule has 8 nitrogen and oxygen atoms in total. The van der Waals surface area contributed by atoms with E-state index < -0.39 is 23.8 Å². The largest absolute Gasteiger partial charge is 0.377 e. The van der Waals surface area contributed by atoms with Gasteiger partial charge in [-0.15, -0.1) is 0 Å². The summed E-state index contributed by atoms with van der Waals surface area (Å²) in [6.07, 6.45) is -2.89. The second kappa shape index (κ2) is 10.7. The molecule has 198 valence electrons. The van der Waals surface area contributed by atoms with E-state index in [4.69, 9.17) is 9.72 Å². The number of anilines is 3. The molecule has 0 unspecified atom stereocenters. The molecule has 11 heteroatoms. The van der Waals surface area contributed by atoms with Gasteiger partial charge in [0.05, 0.1) is 41.9 Å². The first-order valence-electron chi connectivity index (χ1n) is 12.7. The number of pyridine rings is 1. The number of benzene rings is 1. The third-order valence-corrected chi connectivity index (χ3v) is 7.03. The highest BCUT2D eigenvalue weighted by Gasteiger charge is 2.26. The predicted molar refractivity (Wildman–Crippen MR) is 138 cm³/mol. The van der Waals surface area contributed by atoms with E-state index in [2.05, 4.69) is 37.3 Å². The zero-order valence-corrected chi connectivity index (χ0v) is 21.3. The van der Waals surface area contributed by atoms with Crippen molar-refractivity contribution < 1.29 is 17.9 Å². The number of piperazine rings is 1. The molecule has 0 amide bonds. The number of rotatable bonds is 8. The Balaban J connectivity index is 1.53. The molecule has 1 aromatic carbocycles. The predicted octanol–water partition coefficient (Wildman–Crippen LogP) is 4.54. The fourth-order valence-corrected chi connectivity index (χ4v) is 4.78. The molecular formula is C26H32F3N7O. The van der Waals surface area contributed by atoms with Crippen LogP contribution in [0, 0.1) is 12.7 Å². The number of aryl methyl sites for hydroxylation is 1. The van der Waals surface area contributed by atoms with E-state index in [-0.39, 0.29) is 11.6 Å². The Hall–Kier alpha value is -3.18. The number of hydrogen-bond acceptors (Lipinski definition) is 8. The van der Waals surface area contributed by atoms with Crippen LogP contribution in [-0.4, -0.2) is 71.8 Å². The van der Waals surface area contributed by atoms with Crippen molar-refractivity contribution in [3.05, 3.63) is 47.0 Å². The molecule has 2 aliphatic heterocycles. The second-order valence-corrected chi connectivity index (χ2v) is 9.56. The number of likely N-dealkylation sites (N-methyl/N-ethyl adjacent to an activating group) is 1. The summed E-state index contributed by atoms with van der Waals surface area (Å²) in [5.74, 6) is 0.822. The Bertz CT molecular complexity index is 1260. The van der Waals surface area contributed by atoms with Gasteiger partial charge in [0.25, 0.3) is 6.43 Å². The molecule has 2 aliphatic rings. The van der Waals surface area contributed by atoms with E-state index in [1.54, 1.807) is 13.8 Å². The quantitative estimate of drug-likeness (QED) is 0.453. The van der Waals surface area contributed by atoms with Crippen LogP contribution in [0.4, 0.5) is 30.5 Å². The molecule has 0 radical (unpaired) electrons. The number of nitrogens with one attached hydrogen (secondary N) is 2. The van der Waals surface area contributed by atoms with Crippen molar-refractivity contribution in [1.82, 2.24) is 19.9 Å². The average Bonchev–Trinajstić information content (AvgIpc) is 2.85. The lowest BCUT2D eigenvalue weighted by atomic mass is 10.0. The van der Waals surface area contributed by atoms with Gasteiger partial charge in [0.2, 0.25) is 0 Å². The van der Waals surface area contributed by atoms with Crippen LogP contribution >= 0.6 is 0 Å². The molecule has 0 aliphatic carbocycles. The van der Waals surface area contributed by atoms with Gasteiger partial charge in [-0.2, -0.15) is 0 Å². The number of aromatic nitrogens is 3. The first kappa shape index (κ1) is 25.5. The number of halogens is 3. The van der Waals surface area contributed by atoms with Crippen LogP contribution in [0.3, 0.4) is 0 Å². The van der Waals surface area contributed by atoms with Crippen LogP contribution in [0.25, 0.3) is 11.0 Å². The molecule has 5 rings (SSSR count). The molecule has 2 aromatic heterocycles. The minimum Gasteiger partial charge on any atom is -0.377 e. The van der Waals surface area contributed by atoms with Crippen molar-refractivity contribution in [1.29, 1.82) is 0 Å². The maximum atomic E-state index is 14.9. The summed E-state index contributed by atoms with van der Waals surface area (Å²) in [7, 11) is 0. The third kappa shape index (κ3) is 5.28. The summed E-state index contributed by atoms with van der Waals surface area (Å²) >= 11 is 0. The lowest BCUT2D eigenvalue weighted by Gasteiger charge is -2.37. The SMILES string of the molecule is CCN1CCN(c2cc3c(N[C@H](C)c4cccc(C(F)F)c4F)nc(C)nc3nc2NC2COC2)CC1. The molecule has 1 atom stereocenters. The van der Waals surface area contributed by atoms with Crippen LogP contribution in [0.2, 0.25) is 0 Å². The van der Waals surface area contributed by atoms with Gasteiger partial charge in [-0.25, -0.2) is 28.1 Å². The molecule has 0 saturated carbocycles. The Morgan fingerprint density at radius 1 is 1.05 bits per heavy atom. The topological polar surface area (TPSA) is 78.4 Å². The fraction of sp³-hybridized carbons (Fsp3) is 0.500. The van der Waals surface area contributed by atoms with Gasteiger partial charge in [-0.1, -0.05) is 25.1 Å². The van der Waals surface area contributed by atoms with Gasteiger partial charge >= 0.3 is 0 Å². The third-order valence-electron chi connectivity index (χ3n) is 7.03. The lowest BCUT2D eigenvalue weighted by Crippen LogP contribution is -2.47. The Morgan fingerprint density at radius 3 is 2.43 bits per heavy atom. The molecule has 3 aromatic rings. The van der Waals surface area contributed by atoms with E-state index in [1.165, 1.54) is 12.1 Å². The molecule has 0 spiro atoms. The summed E-state index contributed by atoms with van der Waals surface area (Å²) in [4.78, 5) is 18.7. The van der Waals surface area contributed by atoms with Gasteiger partial charge in [0.15, 0.2) is 11.5 Å². The van der Waals surface area contributed by atoms with Crippen molar-refractivity contribution in [2.45, 2.75) is 39.3 Å².